The summed E-state index contributed by atoms with van der Waals surface area (Å²) >= 11 is 1.16. The van der Waals surface area contributed by atoms with Gasteiger partial charge in [-0.2, -0.15) is 0 Å². The maximum atomic E-state index is 11.3. The van der Waals surface area contributed by atoms with E-state index in [2.05, 4.69) is 0 Å². The fourth-order valence-electron chi connectivity index (χ4n) is 1.28. The van der Waals surface area contributed by atoms with Crippen LogP contribution in [-0.2, 0) is 16.3 Å². The van der Waals surface area contributed by atoms with E-state index in [0.717, 1.165) is 22.6 Å². The van der Waals surface area contributed by atoms with Crippen LogP contribution in [0.15, 0.2) is 6.07 Å². The standard InChI is InChI=1S/C11H16O5S2/c1-3-8-7-9(10(17-8)11(12)13)16-5-6-18(14,15)4-2/h7H,3-6H2,1-2H3,(H,12,13). The third kappa shape index (κ3) is 3.99. The minimum Gasteiger partial charge on any atom is -0.491 e. The average Bonchev–Trinajstić information content (AvgIpc) is 2.72. The van der Waals surface area contributed by atoms with Crippen LogP contribution in [-0.4, -0.2) is 37.6 Å². The topological polar surface area (TPSA) is 80.7 Å². The van der Waals surface area contributed by atoms with E-state index < -0.39 is 15.8 Å². The second-order valence-electron chi connectivity index (χ2n) is 3.65. The van der Waals surface area contributed by atoms with Crippen LogP contribution in [0, 0.1) is 0 Å². The van der Waals surface area contributed by atoms with E-state index >= 15 is 0 Å². The van der Waals surface area contributed by atoms with Crippen LogP contribution in [0.1, 0.15) is 28.4 Å². The molecule has 0 aliphatic heterocycles. The fourth-order valence-corrected chi connectivity index (χ4v) is 2.78. The number of sulfone groups is 1. The summed E-state index contributed by atoms with van der Waals surface area (Å²) in [6.07, 6.45) is 0.724. The Morgan fingerprint density at radius 2 is 2.11 bits per heavy atom. The largest absolute Gasteiger partial charge is 0.491 e. The van der Waals surface area contributed by atoms with Crippen molar-refractivity contribution in [1.29, 1.82) is 0 Å². The van der Waals surface area contributed by atoms with Crippen LogP contribution in [0.3, 0.4) is 0 Å². The van der Waals surface area contributed by atoms with Crippen molar-refractivity contribution in [2.75, 3.05) is 18.1 Å². The molecule has 0 saturated heterocycles. The number of carbonyl (C=O) groups is 1. The summed E-state index contributed by atoms with van der Waals surface area (Å²) in [5.74, 6) is -0.824. The molecular formula is C11H16O5S2. The maximum Gasteiger partial charge on any atom is 0.349 e. The smallest absolute Gasteiger partial charge is 0.349 e. The van der Waals surface area contributed by atoms with Crippen molar-refractivity contribution in [3.05, 3.63) is 15.8 Å². The van der Waals surface area contributed by atoms with E-state index in [4.69, 9.17) is 9.84 Å². The van der Waals surface area contributed by atoms with Crippen LogP contribution in [0.4, 0.5) is 0 Å². The number of aryl methyl sites for hydroxylation is 1. The van der Waals surface area contributed by atoms with E-state index in [9.17, 15) is 13.2 Å². The molecule has 1 aromatic heterocycles. The third-order valence-electron chi connectivity index (χ3n) is 2.38. The first-order chi connectivity index (χ1) is 8.39. The highest BCUT2D eigenvalue weighted by molar-refractivity contribution is 7.91. The zero-order valence-electron chi connectivity index (χ0n) is 10.3. The molecule has 0 spiro atoms. The van der Waals surface area contributed by atoms with Crippen molar-refractivity contribution in [3.8, 4) is 5.75 Å². The summed E-state index contributed by atoms with van der Waals surface area (Å²) in [7, 11) is -3.09. The van der Waals surface area contributed by atoms with Crippen LogP contribution in [0.2, 0.25) is 0 Å². The molecule has 1 N–H and O–H groups in total. The zero-order valence-corrected chi connectivity index (χ0v) is 11.9. The second-order valence-corrected chi connectivity index (χ2v) is 7.26. The first-order valence-corrected chi connectivity index (χ1v) is 8.22. The van der Waals surface area contributed by atoms with Crippen molar-refractivity contribution >= 4 is 27.1 Å². The minimum atomic E-state index is -3.09. The summed E-state index contributed by atoms with van der Waals surface area (Å²) in [6, 6.07) is 1.66. The van der Waals surface area contributed by atoms with Gasteiger partial charge in [-0.15, -0.1) is 11.3 Å². The Bertz CT molecular complexity index is 516. The highest BCUT2D eigenvalue weighted by atomic mass is 32.2. The van der Waals surface area contributed by atoms with Gasteiger partial charge in [-0.05, 0) is 12.5 Å². The molecule has 0 bridgehead atoms. The molecule has 0 amide bonds. The van der Waals surface area contributed by atoms with Crippen LogP contribution >= 0.6 is 11.3 Å². The van der Waals surface area contributed by atoms with Gasteiger partial charge in [0.05, 0.1) is 5.75 Å². The normalized spacial score (nSPS) is 11.4. The molecule has 0 aliphatic carbocycles. The Kier molecular flexibility index (Phi) is 5.15. The molecule has 1 rings (SSSR count). The van der Waals surface area contributed by atoms with Crippen molar-refractivity contribution in [3.63, 3.8) is 0 Å². The van der Waals surface area contributed by atoms with Crippen LogP contribution in [0.25, 0.3) is 0 Å². The summed E-state index contributed by atoms with van der Waals surface area (Å²) < 4.78 is 27.8. The maximum absolute atomic E-state index is 11.3. The molecule has 1 aromatic rings. The van der Waals surface area contributed by atoms with Gasteiger partial charge in [-0.1, -0.05) is 13.8 Å². The molecule has 0 atom stereocenters. The first kappa shape index (κ1) is 15.0. The Hall–Kier alpha value is -1.08. The Labute approximate surface area is 110 Å². The molecule has 1 heterocycles. The quantitative estimate of drug-likeness (QED) is 0.829. The molecule has 102 valence electrons. The number of hydrogen-bond acceptors (Lipinski definition) is 5. The van der Waals surface area contributed by atoms with E-state index in [-0.39, 0.29) is 28.7 Å². The van der Waals surface area contributed by atoms with E-state index in [1.165, 1.54) is 0 Å². The summed E-state index contributed by atoms with van der Waals surface area (Å²) in [5.41, 5.74) is 0. The number of thiophene rings is 1. The lowest BCUT2D eigenvalue weighted by Crippen LogP contribution is -2.16. The van der Waals surface area contributed by atoms with Gasteiger partial charge in [-0.3, -0.25) is 0 Å². The van der Waals surface area contributed by atoms with E-state index in [1.807, 2.05) is 6.92 Å². The Balaban J connectivity index is 2.72. The van der Waals surface area contributed by atoms with Gasteiger partial charge >= 0.3 is 5.97 Å². The molecule has 5 nitrogen and oxygen atoms in total. The summed E-state index contributed by atoms with van der Waals surface area (Å²) in [6.45, 7) is 3.47. The molecular weight excluding hydrogens is 276 g/mol. The lowest BCUT2D eigenvalue weighted by atomic mass is 10.3. The highest BCUT2D eigenvalue weighted by Gasteiger charge is 2.17. The van der Waals surface area contributed by atoms with Crippen molar-refractivity contribution in [1.82, 2.24) is 0 Å². The van der Waals surface area contributed by atoms with E-state index in [0.29, 0.717) is 0 Å². The first-order valence-electron chi connectivity index (χ1n) is 5.58. The predicted molar refractivity (Wildman–Crippen MR) is 70.5 cm³/mol. The molecule has 7 heteroatoms. The molecule has 0 aliphatic rings. The number of rotatable bonds is 7. The van der Waals surface area contributed by atoms with Crippen molar-refractivity contribution in [2.24, 2.45) is 0 Å². The van der Waals surface area contributed by atoms with Gasteiger partial charge in [0.2, 0.25) is 0 Å². The molecule has 18 heavy (non-hydrogen) atoms. The number of ether oxygens (including phenoxy) is 1. The lowest BCUT2D eigenvalue weighted by molar-refractivity contribution is 0.0698. The second kappa shape index (κ2) is 6.19. The fraction of sp³-hybridized carbons (Fsp3) is 0.545. The van der Waals surface area contributed by atoms with Crippen molar-refractivity contribution in [2.45, 2.75) is 20.3 Å². The van der Waals surface area contributed by atoms with Gasteiger partial charge in [0, 0.05) is 10.6 Å². The average molecular weight is 292 g/mol. The molecule has 0 fully saturated rings. The van der Waals surface area contributed by atoms with E-state index in [1.54, 1.807) is 13.0 Å². The highest BCUT2D eigenvalue weighted by Crippen LogP contribution is 2.29. The number of hydrogen-bond donors (Lipinski definition) is 1. The van der Waals surface area contributed by atoms with Crippen molar-refractivity contribution < 1.29 is 23.1 Å². The molecule has 0 aromatic carbocycles. The Morgan fingerprint density at radius 1 is 1.44 bits per heavy atom. The SMILES string of the molecule is CCc1cc(OCCS(=O)(=O)CC)c(C(=O)O)s1. The Morgan fingerprint density at radius 3 is 2.61 bits per heavy atom. The zero-order chi connectivity index (χ0) is 13.8. The van der Waals surface area contributed by atoms with Gasteiger partial charge in [-0.25, -0.2) is 13.2 Å². The van der Waals surface area contributed by atoms with Gasteiger partial charge in [0.1, 0.15) is 12.4 Å². The number of carboxylic acids is 1. The molecule has 0 radical (unpaired) electrons. The summed E-state index contributed by atoms with van der Waals surface area (Å²) in [5, 5.41) is 8.99. The number of carboxylic acid groups (broad SMARTS) is 1. The monoisotopic (exact) mass is 292 g/mol. The van der Waals surface area contributed by atoms with Crippen LogP contribution in [0.5, 0.6) is 5.75 Å². The minimum absolute atomic E-state index is 0.0175. The van der Waals surface area contributed by atoms with Gasteiger partial charge in [0.15, 0.2) is 14.7 Å². The molecule has 0 saturated carbocycles. The number of aromatic carboxylic acids is 1. The molecule has 0 unspecified atom stereocenters. The predicted octanol–water partition coefficient (Wildman–Crippen LogP) is 1.82. The summed E-state index contributed by atoms with van der Waals surface area (Å²) in [4.78, 5) is 12.0. The van der Waals surface area contributed by atoms with Crippen LogP contribution < -0.4 is 4.74 Å². The van der Waals surface area contributed by atoms with Gasteiger partial charge < -0.3 is 9.84 Å². The van der Waals surface area contributed by atoms with Gasteiger partial charge in [0.25, 0.3) is 0 Å². The lowest BCUT2D eigenvalue weighted by Gasteiger charge is -2.05. The third-order valence-corrected chi connectivity index (χ3v) is 5.30.